The van der Waals surface area contributed by atoms with E-state index in [1.54, 1.807) is 30.5 Å². The highest BCUT2D eigenvalue weighted by atomic mass is 35.5. The first-order chi connectivity index (χ1) is 19.7. The molecule has 41 heavy (non-hydrogen) atoms. The number of benzene rings is 1. The van der Waals surface area contributed by atoms with Crippen molar-refractivity contribution in [3.8, 4) is 17.1 Å². The van der Waals surface area contributed by atoms with Gasteiger partial charge < -0.3 is 15.0 Å². The summed E-state index contributed by atoms with van der Waals surface area (Å²) in [5.74, 6) is 0.941. The van der Waals surface area contributed by atoms with Crippen LogP contribution in [0.4, 0.5) is 11.8 Å². The highest BCUT2D eigenvalue weighted by Gasteiger charge is 2.24. The summed E-state index contributed by atoms with van der Waals surface area (Å²) in [6, 6.07) is 12.5. The second-order valence-corrected chi connectivity index (χ2v) is 12.4. The Kier molecular flexibility index (Phi) is 8.58. The van der Waals surface area contributed by atoms with Crippen molar-refractivity contribution in [2.45, 2.75) is 56.0 Å². The number of sulfonamides is 1. The summed E-state index contributed by atoms with van der Waals surface area (Å²) >= 11 is 6.10. The summed E-state index contributed by atoms with van der Waals surface area (Å²) in [6.45, 7) is 2.07. The van der Waals surface area contributed by atoms with Gasteiger partial charge in [-0.25, -0.2) is 23.4 Å². The Balaban J connectivity index is 1.40. The van der Waals surface area contributed by atoms with Gasteiger partial charge in [0.2, 0.25) is 11.8 Å². The molecular formula is C29H34ClN7O3S. The van der Waals surface area contributed by atoms with Gasteiger partial charge in [-0.15, -0.1) is 0 Å². The van der Waals surface area contributed by atoms with Crippen LogP contribution in [0.25, 0.3) is 22.3 Å². The molecule has 0 spiro atoms. The van der Waals surface area contributed by atoms with Crippen molar-refractivity contribution < 1.29 is 13.2 Å². The Bertz CT molecular complexity index is 1660. The molecule has 3 aromatic heterocycles. The number of aryl methyl sites for hydroxylation is 1. The maximum Gasteiger partial charge on any atom is 0.264 e. The minimum atomic E-state index is -3.95. The molecule has 0 unspecified atom stereocenters. The molecule has 1 aliphatic rings. The van der Waals surface area contributed by atoms with Crippen molar-refractivity contribution in [1.82, 2.24) is 24.8 Å². The molecule has 3 heterocycles. The van der Waals surface area contributed by atoms with E-state index >= 15 is 0 Å². The predicted molar refractivity (Wildman–Crippen MR) is 162 cm³/mol. The third kappa shape index (κ3) is 6.37. The number of methoxy groups -OCH3 is 1. The third-order valence-electron chi connectivity index (χ3n) is 7.46. The van der Waals surface area contributed by atoms with Crippen molar-refractivity contribution in [3.05, 3.63) is 59.2 Å². The van der Waals surface area contributed by atoms with E-state index in [-0.39, 0.29) is 21.6 Å². The summed E-state index contributed by atoms with van der Waals surface area (Å²) < 4.78 is 33.8. The Labute approximate surface area is 245 Å². The maximum atomic E-state index is 12.9. The highest BCUT2D eigenvalue weighted by Crippen LogP contribution is 2.33. The largest absolute Gasteiger partial charge is 0.480 e. The van der Waals surface area contributed by atoms with Crippen LogP contribution in [0.1, 0.15) is 38.2 Å². The number of fused-ring (bicyclic) bond motifs is 1. The van der Waals surface area contributed by atoms with E-state index in [9.17, 15) is 8.42 Å². The molecule has 2 N–H and O–H groups in total. The second kappa shape index (κ2) is 12.1. The van der Waals surface area contributed by atoms with Crippen LogP contribution < -0.4 is 14.8 Å². The fourth-order valence-electron chi connectivity index (χ4n) is 5.19. The fraction of sp³-hybridized carbons (Fsp3) is 0.379. The van der Waals surface area contributed by atoms with Gasteiger partial charge in [0, 0.05) is 12.1 Å². The van der Waals surface area contributed by atoms with Gasteiger partial charge in [-0.2, -0.15) is 4.98 Å². The molecule has 12 heteroatoms. The molecule has 1 aromatic carbocycles. The van der Waals surface area contributed by atoms with E-state index in [1.165, 1.54) is 19.2 Å². The highest BCUT2D eigenvalue weighted by molar-refractivity contribution is 7.92. The van der Waals surface area contributed by atoms with Gasteiger partial charge in [0.25, 0.3) is 10.0 Å². The number of anilines is 2. The van der Waals surface area contributed by atoms with Crippen LogP contribution in [0.3, 0.4) is 0 Å². The van der Waals surface area contributed by atoms with Gasteiger partial charge in [0.1, 0.15) is 16.2 Å². The molecule has 1 fully saturated rings. The summed E-state index contributed by atoms with van der Waals surface area (Å²) in [7, 11) is 1.81. The van der Waals surface area contributed by atoms with Crippen molar-refractivity contribution >= 4 is 44.4 Å². The summed E-state index contributed by atoms with van der Waals surface area (Å²) in [5.41, 5.74) is 3.71. The quantitative estimate of drug-likeness (QED) is 0.262. The smallest absolute Gasteiger partial charge is 0.264 e. The van der Waals surface area contributed by atoms with E-state index in [4.69, 9.17) is 26.3 Å². The SMILES string of the molecule is CCc1cc(-c2ccc(NS(=O)(=O)c3ccccc3Cl)nc2OC)nc2cnc(N[C@H]3CC[C@H](N(C)C)CC3)nc12. The molecular weight excluding hydrogens is 562 g/mol. The fourth-order valence-corrected chi connectivity index (χ4v) is 6.71. The van der Waals surface area contributed by atoms with Crippen LogP contribution in [0, 0.1) is 0 Å². The Morgan fingerprint density at radius 3 is 2.49 bits per heavy atom. The number of nitrogens with zero attached hydrogens (tertiary/aromatic N) is 5. The Hall–Kier alpha value is -3.54. The normalized spacial score (nSPS) is 17.5. The Morgan fingerprint density at radius 1 is 1.05 bits per heavy atom. The lowest BCUT2D eigenvalue weighted by atomic mass is 9.91. The maximum absolute atomic E-state index is 12.9. The van der Waals surface area contributed by atoms with Gasteiger partial charge in [-0.1, -0.05) is 30.7 Å². The molecule has 216 valence electrons. The number of aromatic nitrogens is 4. The van der Waals surface area contributed by atoms with Crippen molar-refractivity contribution in [2.24, 2.45) is 0 Å². The lowest BCUT2D eigenvalue weighted by molar-refractivity contribution is 0.221. The van der Waals surface area contributed by atoms with Gasteiger partial charge in [0.15, 0.2) is 0 Å². The summed E-state index contributed by atoms with van der Waals surface area (Å²) in [6.07, 6.45) is 6.95. The number of halogens is 1. The van der Waals surface area contributed by atoms with Gasteiger partial charge in [0.05, 0.1) is 35.1 Å². The molecule has 0 amide bonds. The van der Waals surface area contributed by atoms with E-state index in [2.05, 4.69) is 45.9 Å². The van der Waals surface area contributed by atoms with E-state index in [1.807, 2.05) is 6.07 Å². The average molecular weight is 596 g/mol. The van der Waals surface area contributed by atoms with Crippen LogP contribution in [-0.4, -0.2) is 66.5 Å². The number of pyridine rings is 2. The average Bonchev–Trinajstić information content (AvgIpc) is 2.96. The van der Waals surface area contributed by atoms with Gasteiger partial charge in [-0.05, 0) is 82.1 Å². The number of hydrogen-bond acceptors (Lipinski definition) is 9. The monoisotopic (exact) mass is 595 g/mol. The summed E-state index contributed by atoms with van der Waals surface area (Å²) in [4.78, 5) is 20.9. The van der Waals surface area contributed by atoms with Crippen molar-refractivity contribution in [3.63, 3.8) is 0 Å². The Morgan fingerprint density at radius 2 is 1.80 bits per heavy atom. The van der Waals surface area contributed by atoms with Crippen LogP contribution in [-0.2, 0) is 16.4 Å². The molecule has 1 saturated carbocycles. The zero-order valence-electron chi connectivity index (χ0n) is 23.6. The lowest BCUT2D eigenvalue weighted by Gasteiger charge is -2.32. The molecule has 1 aliphatic carbocycles. The molecule has 10 nitrogen and oxygen atoms in total. The molecule has 0 radical (unpaired) electrons. The lowest BCUT2D eigenvalue weighted by Crippen LogP contribution is -2.36. The zero-order valence-corrected chi connectivity index (χ0v) is 25.1. The number of ether oxygens (including phenoxy) is 1. The van der Waals surface area contributed by atoms with Gasteiger partial charge in [-0.3, -0.25) is 4.72 Å². The first-order valence-electron chi connectivity index (χ1n) is 13.6. The van der Waals surface area contributed by atoms with Crippen LogP contribution in [0.2, 0.25) is 5.02 Å². The van der Waals surface area contributed by atoms with E-state index in [0.29, 0.717) is 34.8 Å². The second-order valence-electron chi connectivity index (χ2n) is 10.4. The third-order valence-corrected chi connectivity index (χ3v) is 9.32. The van der Waals surface area contributed by atoms with Crippen molar-refractivity contribution in [1.29, 1.82) is 0 Å². The first-order valence-corrected chi connectivity index (χ1v) is 15.5. The molecule has 0 saturated heterocycles. The molecule has 5 rings (SSSR count). The van der Waals surface area contributed by atoms with E-state index < -0.39 is 10.0 Å². The molecule has 4 aromatic rings. The first kappa shape index (κ1) is 29.0. The van der Waals surface area contributed by atoms with Crippen LogP contribution in [0.5, 0.6) is 5.88 Å². The number of hydrogen-bond donors (Lipinski definition) is 2. The summed E-state index contributed by atoms with van der Waals surface area (Å²) in [5, 5.41) is 3.64. The van der Waals surface area contributed by atoms with Crippen LogP contribution >= 0.6 is 11.6 Å². The van der Waals surface area contributed by atoms with Gasteiger partial charge >= 0.3 is 0 Å². The standard InChI is InChI=1S/C29H34ClN7O3S/c1-5-18-16-23(33-24-17-31-29(35-27(18)24)32-19-10-12-20(13-11-19)37(2)3)21-14-15-26(34-28(21)40-4)36-41(38,39)25-9-7-6-8-22(25)30/h6-9,14-17,19-20H,5,10-13H2,1-4H3,(H,34,36)(H,31,32,35)/t19-,20-. The number of rotatable bonds is 9. The molecule has 0 bridgehead atoms. The number of nitrogens with one attached hydrogen (secondary N) is 2. The van der Waals surface area contributed by atoms with Crippen LogP contribution in [0.15, 0.2) is 53.6 Å². The van der Waals surface area contributed by atoms with Crippen molar-refractivity contribution in [2.75, 3.05) is 31.2 Å². The topological polar surface area (TPSA) is 122 Å². The van der Waals surface area contributed by atoms with E-state index in [0.717, 1.165) is 43.2 Å². The zero-order chi connectivity index (χ0) is 29.1. The predicted octanol–water partition coefficient (Wildman–Crippen LogP) is 5.40. The molecule has 0 atom stereocenters. The minimum Gasteiger partial charge on any atom is -0.480 e. The minimum absolute atomic E-state index is 0.0367. The molecule has 0 aliphatic heterocycles.